The molecule has 4 rings (SSSR count). The van der Waals surface area contributed by atoms with Gasteiger partial charge in [-0.1, -0.05) is 0 Å². The van der Waals surface area contributed by atoms with Crippen molar-refractivity contribution in [3.63, 3.8) is 0 Å². The maximum atomic E-state index is 12.6. The molecular formula is C20H22N4O3S. The van der Waals surface area contributed by atoms with Gasteiger partial charge in [0, 0.05) is 30.1 Å². The number of hydrogen-bond acceptors (Lipinski definition) is 6. The van der Waals surface area contributed by atoms with Gasteiger partial charge in [-0.05, 0) is 36.9 Å². The van der Waals surface area contributed by atoms with Gasteiger partial charge in [-0.3, -0.25) is 19.1 Å². The summed E-state index contributed by atoms with van der Waals surface area (Å²) >= 11 is 1.47. The van der Waals surface area contributed by atoms with Crippen molar-refractivity contribution in [2.45, 2.75) is 39.5 Å². The predicted octanol–water partition coefficient (Wildman–Crippen LogP) is 2.54. The first-order valence-electron chi connectivity index (χ1n) is 9.26. The van der Waals surface area contributed by atoms with E-state index in [0.29, 0.717) is 30.9 Å². The van der Waals surface area contributed by atoms with Gasteiger partial charge in [0.15, 0.2) is 0 Å². The number of aromatic nitrogens is 2. The molecule has 1 amide bonds. The van der Waals surface area contributed by atoms with Gasteiger partial charge in [-0.15, -0.1) is 0 Å². The van der Waals surface area contributed by atoms with E-state index in [0.717, 1.165) is 30.3 Å². The van der Waals surface area contributed by atoms with Crippen LogP contribution in [-0.4, -0.2) is 26.9 Å². The van der Waals surface area contributed by atoms with Crippen molar-refractivity contribution < 1.29 is 9.21 Å². The average molecular weight is 398 g/mol. The lowest BCUT2D eigenvalue weighted by atomic mass is 10.3. The Hall–Kier alpha value is -2.71. The quantitative estimate of drug-likeness (QED) is 0.714. The van der Waals surface area contributed by atoms with Gasteiger partial charge < -0.3 is 9.73 Å². The second-order valence-electron chi connectivity index (χ2n) is 6.92. The van der Waals surface area contributed by atoms with E-state index in [4.69, 9.17) is 4.42 Å². The molecular weight excluding hydrogens is 376 g/mol. The normalized spacial score (nSPS) is 14.5. The molecule has 4 heterocycles. The minimum atomic E-state index is -0.159. The van der Waals surface area contributed by atoms with Crippen molar-refractivity contribution in [1.82, 2.24) is 19.8 Å². The molecule has 0 unspecified atom stereocenters. The van der Waals surface area contributed by atoms with Crippen LogP contribution in [0.2, 0.25) is 0 Å². The SMILES string of the molecule is Cc1ccc(CN2CCCn3c(nc(CNC(=O)c4ccsc4)cc3=O)C2)o1. The van der Waals surface area contributed by atoms with Crippen molar-refractivity contribution in [1.29, 1.82) is 0 Å². The Kier molecular flexibility index (Phi) is 5.40. The van der Waals surface area contributed by atoms with Crippen LogP contribution in [0.5, 0.6) is 0 Å². The first kappa shape index (κ1) is 18.6. The zero-order valence-corrected chi connectivity index (χ0v) is 16.5. The molecule has 0 fully saturated rings. The fraction of sp³-hybridized carbons (Fsp3) is 0.350. The lowest BCUT2D eigenvalue weighted by molar-refractivity contribution is 0.0950. The zero-order valence-electron chi connectivity index (χ0n) is 15.7. The molecule has 0 aromatic carbocycles. The van der Waals surface area contributed by atoms with Crippen LogP contribution >= 0.6 is 11.3 Å². The van der Waals surface area contributed by atoms with Gasteiger partial charge in [0.05, 0.1) is 25.3 Å². The molecule has 7 nitrogen and oxygen atoms in total. The highest BCUT2D eigenvalue weighted by atomic mass is 32.1. The first-order chi connectivity index (χ1) is 13.6. The Bertz CT molecular complexity index is 1020. The Labute approximate surface area is 166 Å². The maximum Gasteiger partial charge on any atom is 0.253 e. The molecule has 28 heavy (non-hydrogen) atoms. The topological polar surface area (TPSA) is 80.4 Å². The van der Waals surface area contributed by atoms with Gasteiger partial charge >= 0.3 is 0 Å². The number of nitrogens with zero attached hydrogens (tertiary/aromatic N) is 3. The lowest BCUT2D eigenvalue weighted by Gasteiger charge is -2.18. The van der Waals surface area contributed by atoms with Crippen LogP contribution in [0.1, 0.15) is 39.8 Å². The minimum Gasteiger partial charge on any atom is -0.465 e. The summed E-state index contributed by atoms with van der Waals surface area (Å²) < 4.78 is 7.42. The summed E-state index contributed by atoms with van der Waals surface area (Å²) in [5.74, 6) is 2.37. The van der Waals surface area contributed by atoms with Gasteiger partial charge in [0.1, 0.15) is 17.3 Å². The maximum absolute atomic E-state index is 12.6. The molecule has 0 saturated heterocycles. The molecule has 0 bridgehead atoms. The number of rotatable bonds is 5. The number of furan rings is 1. The van der Waals surface area contributed by atoms with Crippen molar-refractivity contribution in [3.8, 4) is 0 Å². The van der Waals surface area contributed by atoms with Gasteiger partial charge in [-0.2, -0.15) is 11.3 Å². The molecule has 1 aliphatic heterocycles. The fourth-order valence-electron chi connectivity index (χ4n) is 3.38. The molecule has 0 atom stereocenters. The Morgan fingerprint density at radius 2 is 2.21 bits per heavy atom. The van der Waals surface area contributed by atoms with Crippen LogP contribution in [0.25, 0.3) is 0 Å². The summed E-state index contributed by atoms with van der Waals surface area (Å²) in [6.07, 6.45) is 0.877. The van der Waals surface area contributed by atoms with E-state index in [9.17, 15) is 9.59 Å². The molecule has 0 saturated carbocycles. The summed E-state index contributed by atoms with van der Waals surface area (Å²) in [5.41, 5.74) is 1.13. The number of nitrogens with one attached hydrogen (secondary N) is 1. The van der Waals surface area contributed by atoms with E-state index < -0.39 is 0 Å². The molecule has 8 heteroatoms. The Morgan fingerprint density at radius 3 is 2.96 bits per heavy atom. The second kappa shape index (κ2) is 8.12. The van der Waals surface area contributed by atoms with Crippen molar-refractivity contribution in [3.05, 3.63) is 74.0 Å². The summed E-state index contributed by atoms with van der Waals surface area (Å²) in [7, 11) is 0. The number of aryl methyl sites for hydroxylation is 1. The highest BCUT2D eigenvalue weighted by molar-refractivity contribution is 7.08. The molecule has 0 spiro atoms. The van der Waals surface area contributed by atoms with Crippen LogP contribution in [-0.2, 0) is 26.2 Å². The molecule has 1 N–H and O–H groups in total. The van der Waals surface area contributed by atoms with Crippen molar-refractivity contribution in [2.75, 3.05) is 6.54 Å². The summed E-state index contributed by atoms with van der Waals surface area (Å²) in [4.78, 5) is 31.6. The van der Waals surface area contributed by atoms with Crippen LogP contribution in [0.4, 0.5) is 0 Å². The highest BCUT2D eigenvalue weighted by Gasteiger charge is 2.19. The molecule has 3 aromatic heterocycles. The van der Waals surface area contributed by atoms with Gasteiger partial charge in [0.25, 0.3) is 11.5 Å². The van der Waals surface area contributed by atoms with E-state index in [-0.39, 0.29) is 18.0 Å². The number of fused-ring (bicyclic) bond motifs is 1. The summed E-state index contributed by atoms with van der Waals surface area (Å²) in [5, 5.41) is 6.49. The van der Waals surface area contributed by atoms with Crippen molar-refractivity contribution >= 4 is 17.2 Å². The number of hydrogen-bond donors (Lipinski definition) is 1. The summed E-state index contributed by atoms with van der Waals surface area (Å²) in [6.45, 7) is 4.93. The number of thiophene rings is 1. The van der Waals surface area contributed by atoms with Crippen molar-refractivity contribution in [2.24, 2.45) is 0 Å². The van der Waals surface area contributed by atoms with Gasteiger partial charge in [-0.25, -0.2) is 4.98 Å². The third-order valence-corrected chi connectivity index (χ3v) is 5.43. The van der Waals surface area contributed by atoms with E-state index in [1.54, 1.807) is 16.0 Å². The van der Waals surface area contributed by atoms with Crippen LogP contribution in [0.15, 0.2) is 44.2 Å². The number of amides is 1. The first-order valence-corrected chi connectivity index (χ1v) is 10.2. The molecule has 1 aliphatic rings. The fourth-order valence-corrected chi connectivity index (χ4v) is 4.02. The van der Waals surface area contributed by atoms with Crippen LogP contribution in [0, 0.1) is 6.92 Å². The van der Waals surface area contributed by atoms with Crippen LogP contribution < -0.4 is 10.9 Å². The standard InChI is InChI=1S/C20H22N4O3S/c1-14-3-4-17(27-14)11-23-6-2-7-24-18(12-23)22-16(9-19(24)25)10-21-20(26)15-5-8-28-13-15/h3-5,8-9,13H,2,6-7,10-12H2,1H3,(H,21,26). The third-order valence-electron chi connectivity index (χ3n) is 4.75. The van der Waals surface area contributed by atoms with E-state index in [1.807, 2.05) is 24.4 Å². The van der Waals surface area contributed by atoms with Crippen LogP contribution in [0.3, 0.4) is 0 Å². The second-order valence-corrected chi connectivity index (χ2v) is 7.70. The third kappa shape index (κ3) is 4.23. The van der Waals surface area contributed by atoms with E-state index in [2.05, 4.69) is 15.2 Å². The Balaban J connectivity index is 1.49. The lowest BCUT2D eigenvalue weighted by Crippen LogP contribution is -2.29. The van der Waals surface area contributed by atoms with E-state index >= 15 is 0 Å². The molecule has 3 aromatic rings. The zero-order chi connectivity index (χ0) is 19.5. The molecule has 0 radical (unpaired) electrons. The number of carbonyl (C=O) groups excluding carboxylic acids is 1. The average Bonchev–Trinajstić information content (AvgIpc) is 3.29. The largest absolute Gasteiger partial charge is 0.465 e. The Morgan fingerprint density at radius 1 is 1.32 bits per heavy atom. The van der Waals surface area contributed by atoms with Gasteiger partial charge in [0.2, 0.25) is 0 Å². The predicted molar refractivity (Wildman–Crippen MR) is 106 cm³/mol. The monoisotopic (exact) mass is 398 g/mol. The van der Waals surface area contributed by atoms with E-state index in [1.165, 1.54) is 17.4 Å². The smallest absolute Gasteiger partial charge is 0.253 e. The highest BCUT2D eigenvalue weighted by Crippen LogP contribution is 2.15. The number of carbonyl (C=O) groups is 1. The summed E-state index contributed by atoms with van der Waals surface area (Å²) in [6, 6.07) is 7.23. The molecule has 146 valence electrons. The minimum absolute atomic E-state index is 0.0690. The molecule has 0 aliphatic carbocycles.